The SMILES string of the molecule is CC(C)(C)NC1CCC(CO)C1. The molecule has 72 valence electrons. The molecule has 2 N–H and O–H groups in total. The highest BCUT2D eigenvalue weighted by atomic mass is 16.3. The molecule has 0 aromatic heterocycles. The molecule has 0 bridgehead atoms. The van der Waals surface area contributed by atoms with E-state index in [-0.39, 0.29) is 5.54 Å². The van der Waals surface area contributed by atoms with Crippen LogP contribution < -0.4 is 5.32 Å². The number of aliphatic hydroxyl groups excluding tert-OH is 1. The first-order chi connectivity index (χ1) is 5.51. The maximum Gasteiger partial charge on any atom is 0.0459 e. The fraction of sp³-hybridized carbons (Fsp3) is 1.00. The third-order valence-electron chi connectivity index (χ3n) is 2.44. The Hall–Kier alpha value is -0.0800. The quantitative estimate of drug-likeness (QED) is 0.660. The van der Waals surface area contributed by atoms with Crippen LogP contribution in [0.15, 0.2) is 0 Å². The predicted octanol–water partition coefficient (Wildman–Crippen LogP) is 1.54. The first-order valence-corrected chi connectivity index (χ1v) is 4.90. The maximum atomic E-state index is 8.95. The molecule has 0 spiro atoms. The Morgan fingerprint density at radius 2 is 2.00 bits per heavy atom. The van der Waals surface area contributed by atoms with Gasteiger partial charge >= 0.3 is 0 Å². The molecular formula is C10H21NO. The Morgan fingerprint density at radius 1 is 1.33 bits per heavy atom. The average Bonchev–Trinajstić information content (AvgIpc) is 2.32. The maximum absolute atomic E-state index is 8.95. The molecule has 2 heteroatoms. The molecule has 0 aromatic carbocycles. The highest BCUT2D eigenvalue weighted by molar-refractivity contribution is 4.85. The third-order valence-corrected chi connectivity index (χ3v) is 2.44. The summed E-state index contributed by atoms with van der Waals surface area (Å²) in [6.07, 6.45) is 3.56. The van der Waals surface area contributed by atoms with Crippen molar-refractivity contribution in [2.45, 2.75) is 51.6 Å². The van der Waals surface area contributed by atoms with Gasteiger partial charge < -0.3 is 10.4 Å². The molecule has 1 aliphatic carbocycles. The number of hydrogen-bond donors (Lipinski definition) is 2. The van der Waals surface area contributed by atoms with Gasteiger partial charge in [0.1, 0.15) is 0 Å². The van der Waals surface area contributed by atoms with Crippen molar-refractivity contribution in [2.75, 3.05) is 6.61 Å². The van der Waals surface area contributed by atoms with Crippen molar-refractivity contribution < 1.29 is 5.11 Å². The fourth-order valence-electron chi connectivity index (χ4n) is 1.98. The largest absolute Gasteiger partial charge is 0.396 e. The minimum Gasteiger partial charge on any atom is -0.396 e. The van der Waals surface area contributed by atoms with E-state index in [2.05, 4.69) is 26.1 Å². The highest BCUT2D eigenvalue weighted by Crippen LogP contribution is 2.26. The summed E-state index contributed by atoms with van der Waals surface area (Å²) >= 11 is 0. The molecule has 0 aliphatic heterocycles. The zero-order valence-corrected chi connectivity index (χ0v) is 8.43. The molecule has 0 amide bonds. The smallest absolute Gasteiger partial charge is 0.0459 e. The van der Waals surface area contributed by atoms with Crippen LogP contribution in [0.1, 0.15) is 40.0 Å². The average molecular weight is 171 g/mol. The van der Waals surface area contributed by atoms with Crippen LogP contribution in [-0.4, -0.2) is 23.3 Å². The minimum atomic E-state index is 0.217. The van der Waals surface area contributed by atoms with E-state index in [1.54, 1.807) is 0 Å². The van der Waals surface area contributed by atoms with E-state index in [9.17, 15) is 0 Å². The van der Waals surface area contributed by atoms with Gasteiger partial charge in [0, 0.05) is 18.2 Å². The summed E-state index contributed by atoms with van der Waals surface area (Å²) < 4.78 is 0. The van der Waals surface area contributed by atoms with Gasteiger partial charge in [-0.3, -0.25) is 0 Å². The molecule has 0 aromatic rings. The molecule has 2 unspecified atom stereocenters. The van der Waals surface area contributed by atoms with Gasteiger partial charge in [-0.25, -0.2) is 0 Å². The Labute approximate surface area is 75.4 Å². The van der Waals surface area contributed by atoms with E-state index in [1.165, 1.54) is 12.8 Å². The molecule has 0 saturated heterocycles. The Balaban J connectivity index is 2.28. The summed E-state index contributed by atoms with van der Waals surface area (Å²) in [6.45, 7) is 6.94. The summed E-state index contributed by atoms with van der Waals surface area (Å²) in [6, 6.07) is 0.627. The Morgan fingerprint density at radius 3 is 2.42 bits per heavy atom. The van der Waals surface area contributed by atoms with Crippen molar-refractivity contribution in [3.05, 3.63) is 0 Å². The van der Waals surface area contributed by atoms with Crippen LogP contribution >= 0.6 is 0 Å². The molecule has 2 nitrogen and oxygen atoms in total. The van der Waals surface area contributed by atoms with Gasteiger partial charge in [-0.1, -0.05) is 0 Å². The number of aliphatic hydroxyl groups is 1. The van der Waals surface area contributed by atoms with E-state index in [0.717, 1.165) is 6.42 Å². The summed E-state index contributed by atoms with van der Waals surface area (Å²) in [5, 5.41) is 12.5. The van der Waals surface area contributed by atoms with Gasteiger partial charge in [0.05, 0.1) is 0 Å². The second-order valence-corrected chi connectivity index (χ2v) is 4.95. The van der Waals surface area contributed by atoms with Gasteiger partial charge in [0.2, 0.25) is 0 Å². The second kappa shape index (κ2) is 3.75. The molecule has 1 saturated carbocycles. The van der Waals surface area contributed by atoms with Gasteiger partial charge in [-0.2, -0.15) is 0 Å². The van der Waals surface area contributed by atoms with Crippen LogP contribution in [0, 0.1) is 5.92 Å². The normalized spacial score (nSPS) is 31.0. The van der Waals surface area contributed by atoms with Crippen molar-refractivity contribution in [1.82, 2.24) is 5.32 Å². The summed E-state index contributed by atoms with van der Waals surface area (Å²) in [5.41, 5.74) is 0.217. The van der Waals surface area contributed by atoms with Crippen LogP contribution in [0.5, 0.6) is 0 Å². The molecule has 2 atom stereocenters. The number of nitrogens with one attached hydrogen (secondary N) is 1. The first kappa shape index (κ1) is 10.0. The van der Waals surface area contributed by atoms with Crippen molar-refractivity contribution in [1.29, 1.82) is 0 Å². The van der Waals surface area contributed by atoms with E-state index < -0.39 is 0 Å². The summed E-state index contributed by atoms with van der Waals surface area (Å²) in [7, 11) is 0. The lowest BCUT2D eigenvalue weighted by atomic mass is 10.1. The van der Waals surface area contributed by atoms with Crippen LogP contribution in [-0.2, 0) is 0 Å². The third kappa shape index (κ3) is 3.11. The van der Waals surface area contributed by atoms with Crippen LogP contribution in [0.25, 0.3) is 0 Å². The number of hydrogen-bond acceptors (Lipinski definition) is 2. The van der Waals surface area contributed by atoms with Crippen molar-refractivity contribution >= 4 is 0 Å². The molecule has 1 rings (SSSR count). The van der Waals surface area contributed by atoms with E-state index in [0.29, 0.717) is 18.6 Å². The van der Waals surface area contributed by atoms with Crippen LogP contribution in [0.2, 0.25) is 0 Å². The van der Waals surface area contributed by atoms with E-state index >= 15 is 0 Å². The highest BCUT2D eigenvalue weighted by Gasteiger charge is 2.26. The Bertz CT molecular complexity index is 139. The lowest BCUT2D eigenvalue weighted by Gasteiger charge is -2.25. The van der Waals surface area contributed by atoms with E-state index in [1.807, 2.05) is 0 Å². The van der Waals surface area contributed by atoms with Gasteiger partial charge in [-0.05, 0) is 46.0 Å². The standard InChI is InChI=1S/C10H21NO/c1-10(2,3)11-9-5-4-8(6-9)7-12/h8-9,11-12H,4-7H2,1-3H3. The lowest BCUT2D eigenvalue weighted by molar-refractivity contribution is 0.225. The van der Waals surface area contributed by atoms with Crippen molar-refractivity contribution in [3.63, 3.8) is 0 Å². The molecule has 1 aliphatic rings. The molecule has 12 heavy (non-hydrogen) atoms. The first-order valence-electron chi connectivity index (χ1n) is 4.90. The zero-order chi connectivity index (χ0) is 9.19. The summed E-state index contributed by atoms with van der Waals surface area (Å²) in [4.78, 5) is 0. The Kier molecular flexibility index (Phi) is 3.13. The fourth-order valence-corrected chi connectivity index (χ4v) is 1.98. The van der Waals surface area contributed by atoms with Crippen molar-refractivity contribution in [3.8, 4) is 0 Å². The molecular weight excluding hydrogens is 150 g/mol. The van der Waals surface area contributed by atoms with E-state index in [4.69, 9.17) is 5.11 Å². The minimum absolute atomic E-state index is 0.217. The topological polar surface area (TPSA) is 32.3 Å². The van der Waals surface area contributed by atoms with Gasteiger partial charge in [-0.15, -0.1) is 0 Å². The van der Waals surface area contributed by atoms with Crippen molar-refractivity contribution in [2.24, 2.45) is 5.92 Å². The lowest BCUT2D eigenvalue weighted by Crippen LogP contribution is -2.42. The van der Waals surface area contributed by atoms with Crippen LogP contribution in [0.3, 0.4) is 0 Å². The molecule has 0 radical (unpaired) electrons. The monoisotopic (exact) mass is 171 g/mol. The van der Waals surface area contributed by atoms with Gasteiger partial charge in [0.25, 0.3) is 0 Å². The van der Waals surface area contributed by atoms with Gasteiger partial charge in [0.15, 0.2) is 0 Å². The molecule has 0 heterocycles. The summed E-state index contributed by atoms with van der Waals surface area (Å²) in [5.74, 6) is 0.546. The molecule has 1 fully saturated rings. The number of rotatable bonds is 2. The zero-order valence-electron chi connectivity index (χ0n) is 8.43. The van der Waals surface area contributed by atoms with Crippen LogP contribution in [0.4, 0.5) is 0 Å². The predicted molar refractivity (Wildman–Crippen MR) is 51.1 cm³/mol. The second-order valence-electron chi connectivity index (χ2n) is 4.95.